The third-order valence-corrected chi connectivity index (χ3v) is 5.92. The fraction of sp³-hybridized carbons (Fsp3) is 0.667. The lowest BCUT2D eigenvalue weighted by Gasteiger charge is -2.32. The zero-order chi connectivity index (χ0) is 23.9. The second kappa shape index (κ2) is 11.8. The molecule has 0 radical (unpaired) electrons. The van der Waals surface area contributed by atoms with Gasteiger partial charge in [-0.25, -0.2) is 0 Å². The molecule has 1 aliphatic heterocycles. The maximum Gasteiger partial charge on any atom is 0.306 e. The third kappa shape index (κ3) is 8.51. The number of halogens is 1. The molecule has 7 nitrogen and oxygen atoms in total. The fourth-order valence-electron chi connectivity index (χ4n) is 3.91. The second-order valence-electron chi connectivity index (χ2n) is 9.70. The van der Waals surface area contributed by atoms with Gasteiger partial charge in [-0.05, 0) is 65.0 Å². The zero-order valence-corrected chi connectivity index (χ0v) is 20.8. The van der Waals surface area contributed by atoms with E-state index < -0.39 is 5.60 Å². The molecule has 1 aromatic rings. The molecule has 1 aliphatic rings. The summed E-state index contributed by atoms with van der Waals surface area (Å²) in [4.78, 5) is 27.1. The lowest BCUT2D eigenvalue weighted by atomic mass is 10.00. The van der Waals surface area contributed by atoms with Crippen molar-refractivity contribution in [3.05, 3.63) is 22.7 Å². The number of hydrogen-bond donors (Lipinski definition) is 2. The van der Waals surface area contributed by atoms with E-state index in [4.69, 9.17) is 26.8 Å². The summed E-state index contributed by atoms with van der Waals surface area (Å²) in [6, 6.07) is 3.24. The van der Waals surface area contributed by atoms with Crippen molar-refractivity contribution in [3.63, 3.8) is 0 Å². The van der Waals surface area contributed by atoms with Crippen LogP contribution in [0.5, 0.6) is 5.75 Å². The Hall–Kier alpha value is -1.99. The van der Waals surface area contributed by atoms with Crippen LogP contribution in [0, 0.1) is 5.92 Å². The Balaban J connectivity index is 1.71. The molecule has 0 bridgehead atoms. The van der Waals surface area contributed by atoms with Gasteiger partial charge in [-0.2, -0.15) is 0 Å². The summed E-state index contributed by atoms with van der Waals surface area (Å²) in [7, 11) is 1.51. The van der Waals surface area contributed by atoms with Crippen molar-refractivity contribution < 1.29 is 19.1 Å². The van der Waals surface area contributed by atoms with Gasteiger partial charge in [-0.3, -0.25) is 9.59 Å². The average Bonchev–Trinajstić information content (AvgIpc) is 2.69. The molecule has 1 saturated heterocycles. The molecule has 0 saturated carbocycles. The predicted octanol–water partition coefficient (Wildman–Crippen LogP) is 4.27. The number of carbonyl (C=O) groups is 2. The Kier molecular flexibility index (Phi) is 9.64. The highest BCUT2D eigenvalue weighted by Gasteiger charge is 2.23. The van der Waals surface area contributed by atoms with E-state index in [-0.39, 0.29) is 17.9 Å². The lowest BCUT2D eigenvalue weighted by molar-refractivity contribution is -0.155. The van der Waals surface area contributed by atoms with E-state index in [0.717, 1.165) is 45.3 Å². The number of benzene rings is 1. The van der Waals surface area contributed by atoms with E-state index in [1.807, 2.05) is 20.8 Å². The second-order valence-corrected chi connectivity index (χ2v) is 10.1. The number of nitrogen functional groups attached to an aromatic ring is 1. The number of ether oxygens (including phenoxy) is 2. The van der Waals surface area contributed by atoms with E-state index in [2.05, 4.69) is 17.1 Å². The molecular weight excluding hydrogens is 430 g/mol. The van der Waals surface area contributed by atoms with Gasteiger partial charge in [0.15, 0.2) is 0 Å². The van der Waals surface area contributed by atoms with Crippen LogP contribution in [0.2, 0.25) is 5.02 Å². The summed E-state index contributed by atoms with van der Waals surface area (Å²) < 4.78 is 10.7. The monoisotopic (exact) mass is 467 g/mol. The van der Waals surface area contributed by atoms with Crippen LogP contribution < -0.4 is 15.8 Å². The van der Waals surface area contributed by atoms with Gasteiger partial charge in [0.25, 0.3) is 5.91 Å². The van der Waals surface area contributed by atoms with E-state index in [1.54, 1.807) is 12.1 Å². The summed E-state index contributed by atoms with van der Waals surface area (Å²) in [6.07, 6.45) is 4.29. The van der Waals surface area contributed by atoms with Crippen molar-refractivity contribution in [2.75, 3.05) is 32.5 Å². The summed E-state index contributed by atoms with van der Waals surface area (Å²) in [6.45, 7) is 10.6. The number of anilines is 1. The maximum absolute atomic E-state index is 12.7. The van der Waals surface area contributed by atoms with Crippen LogP contribution >= 0.6 is 11.6 Å². The molecule has 3 N–H and O–H groups in total. The van der Waals surface area contributed by atoms with Gasteiger partial charge in [-0.15, -0.1) is 0 Å². The van der Waals surface area contributed by atoms with Crippen molar-refractivity contribution >= 4 is 29.2 Å². The number of likely N-dealkylation sites (tertiary alicyclic amines) is 1. The number of esters is 1. The van der Waals surface area contributed by atoms with Crippen LogP contribution in [-0.4, -0.2) is 55.2 Å². The first-order valence-corrected chi connectivity index (χ1v) is 11.7. The minimum atomic E-state index is -0.429. The molecule has 1 unspecified atom stereocenters. The number of nitrogens with one attached hydrogen (secondary N) is 1. The number of methoxy groups -OCH3 is 1. The quantitative estimate of drug-likeness (QED) is 0.416. The molecule has 0 aromatic heterocycles. The van der Waals surface area contributed by atoms with Crippen LogP contribution in [0.3, 0.4) is 0 Å². The smallest absolute Gasteiger partial charge is 0.306 e. The molecule has 1 atom stereocenters. The molecule has 32 heavy (non-hydrogen) atoms. The van der Waals surface area contributed by atoms with Gasteiger partial charge < -0.3 is 25.4 Å². The number of piperidine rings is 1. The lowest BCUT2D eigenvalue weighted by Crippen LogP contribution is -2.45. The van der Waals surface area contributed by atoms with E-state index >= 15 is 0 Å². The molecule has 0 aliphatic carbocycles. The SMILES string of the molecule is COc1cc(N)c(Cl)cc1C(=O)NC1CCN(CCCC(C)CC(=O)OC(C)(C)C)CC1. The molecule has 1 amide bonds. The van der Waals surface area contributed by atoms with Gasteiger partial charge in [-0.1, -0.05) is 18.5 Å². The largest absolute Gasteiger partial charge is 0.496 e. The zero-order valence-electron chi connectivity index (χ0n) is 20.0. The highest BCUT2D eigenvalue weighted by Crippen LogP contribution is 2.29. The van der Waals surface area contributed by atoms with Crippen molar-refractivity contribution in [1.29, 1.82) is 0 Å². The minimum Gasteiger partial charge on any atom is -0.496 e. The number of nitrogens with two attached hydrogens (primary N) is 1. The van der Waals surface area contributed by atoms with Crippen LogP contribution in [0.4, 0.5) is 5.69 Å². The molecule has 2 rings (SSSR count). The summed E-state index contributed by atoms with van der Waals surface area (Å²) in [5, 5.41) is 3.43. The number of rotatable bonds is 9. The molecular formula is C24H38ClN3O4. The number of nitrogens with zero attached hydrogens (tertiary/aromatic N) is 1. The Morgan fingerprint density at radius 2 is 1.94 bits per heavy atom. The molecule has 1 heterocycles. The first-order valence-electron chi connectivity index (χ1n) is 11.4. The van der Waals surface area contributed by atoms with Crippen molar-refractivity contribution in [2.45, 2.75) is 71.4 Å². The minimum absolute atomic E-state index is 0.117. The van der Waals surface area contributed by atoms with E-state index in [9.17, 15) is 9.59 Å². The molecule has 180 valence electrons. The van der Waals surface area contributed by atoms with Gasteiger partial charge in [0.05, 0.1) is 23.4 Å². The Morgan fingerprint density at radius 3 is 2.53 bits per heavy atom. The van der Waals surface area contributed by atoms with Gasteiger partial charge >= 0.3 is 5.97 Å². The number of amides is 1. The Bertz CT molecular complexity index is 786. The highest BCUT2D eigenvalue weighted by molar-refractivity contribution is 6.33. The standard InChI is InChI=1S/C24H38ClN3O4/c1-16(13-22(29)32-24(2,3)4)7-6-10-28-11-8-17(9-12-28)27-23(30)18-14-19(25)20(26)15-21(18)31-5/h14-17H,6-13,26H2,1-5H3,(H,27,30). The number of hydrogen-bond acceptors (Lipinski definition) is 6. The van der Waals surface area contributed by atoms with Gasteiger partial charge in [0.2, 0.25) is 0 Å². The predicted molar refractivity (Wildman–Crippen MR) is 128 cm³/mol. The maximum atomic E-state index is 12.7. The Labute approximate surface area is 196 Å². The molecule has 8 heteroatoms. The first-order chi connectivity index (χ1) is 15.0. The summed E-state index contributed by atoms with van der Waals surface area (Å²) in [5.41, 5.74) is 6.15. The molecule has 1 aromatic carbocycles. The third-order valence-electron chi connectivity index (χ3n) is 5.59. The van der Waals surface area contributed by atoms with Crippen LogP contribution in [0.1, 0.15) is 70.2 Å². The average molecular weight is 468 g/mol. The van der Waals surface area contributed by atoms with Crippen molar-refractivity contribution in [3.8, 4) is 5.75 Å². The van der Waals surface area contributed by atoms with Crippen LogP contribution in [0.15, 0.2) is 12.1 Å². The van der Waals surface area contributed by atoms with Crippen molar-refractivity contribution in [1.82, 2.24) is 10.2 Å². The van der Waals surface area contributed by atoms with Gasteiger partial charge in [0, 0.05) is 31.6 Å². The molecule has 1 fully saturated rings. The van der Waals surface area contributed by atoms with Crippen molar-refractivity contribution in [2.24, 2.45) is 5.92 Å². The van der Waals surface area contributed by atoms with Crippen LogP contribution in [0.25, 0.3) is 0 Å². The normalized spacial score (nSPS) is 16.4. The fourth-order valence-corrected chi connectivity index (χ4v) is 4.08. The first kappa shape index (κ1) is 26.3. The highest BCUT2D eigenvalue weighted by atomic mass is 35.5. The Morgan fingerprint density at radius 1 is 1.28 bits per heavy atom. The van der Waals surface area contributed by atoms with E-state index in [0.29, 0.717) is 34.4 Å². The van der Waals surface area contributed by atoms with Crippen LogP contribution in [-0.2, 0) is 9.53 Å². The number of carbonyl (C=O) groups excluding carboxylic acids is 2. The van der Waals surface area contributed by atoms with E-state index in [1.165, 1.54) is 7.11 Å². The summed E-state index contributed by atoms with van der Waals surface area (Å²) in [5.74, 6) is 0.407. The topological polar surface area (TPSA) is 93.9 Å². The molecule has 0 spiro atoms. The van der Waals surface area contributed by atoms with Gasteiger partial charge in [0.1, 0.15) is 11.4 Å². The summed E-state index contributed by atoms with van der Waals surface area (Å²) >= 11 is 6.08.